The molecule has 1 atom stereocenters. The summed E-state index contributed by atoms with van der Waals surface area (Å²) < 4.78 is 52.7. The van der Waals surface area contributed by atoms with Crippen molar-refractivity contribution in [2.45, 2.75) is 15.8 Å². The summed E-state index contributed by atoms with van der Waals surface area (Å²) >= 11 is 5.81. The third-order valence-electron chi connectivity index (χ3n) is 4.22. The van der Waals surface area contributed by atoms with Gasteiger partial charge in [0.2, 0.25) is 10.0 Å². The van der Waals surface area contributed by atoms with E-state index in [1.807, 2.05) is 6.07 Å². The Morgan fingerprint density at radius 1 is 0.700 bits per heavy atom. The molecule has 0 fully saturated rings. The maximum Gasteiger partial charge on any atom is 0.253 e. The van der Waals surface area contributed by atoms with Crippen LogP contribution in [0.1, 0.15) is 11.6 Å². The van der Waals surface area contributed by atoms with Gasteiger partial charge in [-0.15, -0.1) is 4.83 Å². The van der Waals surface area contributed by atoms with E-state index in [0.717, 1.165) is 0 Å². The molecule has 0 saturated heterocycles. The first kappa shape index (κ1) is 22.4. The molecule has 0 aliphatic rings. The highest BCUT2D eigenvalue weighted by atomic mass is 35.5. The molecule has 7 nitrogen and oxygen atoms in total. The van der Waals surface area contributed by atoms with Crippen LogP contribution in [0, 0.1) is 0 Å². The second kappa shape index (κ2) is 9.69. The van der Waals surface area contributed by atoms with Crippen molar-refractivity contribution in [3.63, 3.8) is 0 Å². The van der Waals surface area contributed by atoms with Crippen molar-refractivity contribution in [3.8, 4) is 0 Å². The standard InChI is InChI=1S/C20H20ClN3O4S2/c21-17-11-13-19(14-12-17)29(25,26)22-15-20(16-7-3-1-4-8-16)23-24-30(27,28)18-9-5-2-6-10-18/h1-14,20,22-24H,15H2. The van der Waals surface area contributed by atoms with Crippen LogP contribution in [0.15, 0.2) is 94.7 Å². The Balaban J connectivity index is 1.76. The quantitative estimate of drug-likeness (QED) is 0.421. The maximum atomic E-state index is 12.6. The van der Waals surface area contributed by atoms with Gasteiger partial charge in [0.05, 0.1) is 15.8 Å². The van der Waals surface area contributed by atoms with Gasteiger partial charge in [-0.05, 0) is 42.0 Å². The Hall–Kier alpha value is -2.27. The summed E-state index contributed by atoms with van der Waals surface area (Å²) in [5.41, 5.74) is 3.42. The Bertz CT molecular complexity index is 1170. The molecular weight excluding hydrogens is 446 g/mol. The van der Waals surface area contributed by atoms with E-state index in [1.165, 1.54) is 36.4 Å². The van der Waals surface area contributed by atoms with Crippen molar-refractivity contribution in [2.75, 3.05) is 6.54 Å². The number of nitrogens with one attached hydrogen (secondary N) is 3. The molecule has 0 heterocycles. The number of sulfonamides is 2. The fourth-order valence-electron chi connectivity index (χ4n) is 2.63. The monoisotopic (exact) mass is 465 g/mol. The molecule has 0 aliphatic heterocycles. The SMILES string of the molecule is O=S(=O)(NCC(NNS(=O)(=O)c1ccccc1)c1ccccc1)c1ccc(Cl)cc1. The Kier molecular flexibility index (Phi) is 7.24. The van der Waals surface area contributed by atoms with Crippen molar-refractivity contribution in [2.24, 2.45) is 0 Å². The van der Waals surface area contributed by atoms with Crippen LogP contribution in [0.4, 0.5) is 0 Å². The van der Waals surface area contributed by atoms with E-state index in [0.29, 0.717) is 10.6 Å². The second-order valence-corrected chi connectivity index (χ2v) is 10.2. The summed E-state index contributed by atoms with van der Waals surface area (Å²) in [6.45, 7) is -0.0910. The van der Waals surface area contributed by atoms with Gasteiger partial charge in [-0.25, -0.2) is 27.0 Å². The summed E-state index contributed by atoms with van der Waals surface area (Å²) in [5.74, 6) is 0. The molecule has 0 saturated carbocycles. The predicted molar refractivity (Wildman–Crippen MR) is 116 cm³/mol. The van der Waals surface area contributed by atoms with E-state index in [-0.39, 0.29) is 16.3 Å². The first-order valence-corrected chi connectivity index (χ1v) is 12.2. The fraction of sp³-hybridized carbons (Fsp3) is 0.100. The van der Waals surface area contributed by atoms with Crippen LogP contribution < -0.4 is 15.0 Å². The lowest BCUT2D eigenvalue weighted by Crippen LogP contribution is -2.44. The van der Waals surface area contributed by atoms with E-state index < -0.39 is 26.1 Å². The summed E-state index contributed by atoms with van der Waals surface area (Å²) in [5, 5.41) is 0.424. The van der Waals surface area contributed by atoms with Crippen molar-refractivity contribution in [1.29, 1.82) is 0 Å². The highest BCUT2D eigenvalue weighted by Crippen LogP contribution is 2.16. The lowest BCUT2D eigenvalue weighted by atomic mass is 10.1. The third kappa shape index (κ3) is 5.88. The zero-order valence-corrected chi connectivity index (χ0v) is 18.1. The van der Waals surface area contributed by atoms with E-state index in [1.54, 1.807) is 42.5 Å². The molecule has 0 aromatic heterocycles. The van der Waals surface area contributed by atoms with Crippen LogP contribution in [-0.4, -0.2) is 23.4 Å². The van der Waals surface area contributed by atoms with Crippen molar-refractivity contribution >= 4 is 31.6 Å². The molecule has 3 aromatic rings. The molecule has 0 spiro atoms. The Labute approximate surface area is 181 Å². The third-order valence-corrected chi connectivity index (χ3v) is 7.20. The minimum atomic E-state index is -3.83. The predicted octanol–water partition coefficient (Wildman–Crippen LogP) is 2.84. The zero-order chi connectivity index (χ0) is 21.6. The maximum absolute atomic E-state index is 12.6. The van der Waals surface area contributed by atoms with Crippen molar-refractivity contribution in [3.05, 3.63) is 95.5 Å². The minimum Gasteiger partial charge on any atom is -0.235 e. The minimum absolute atomic E-state index is 0.0589. The van der Waals surface area contributed by atoms with Gasteiger partial charge in [-0.3, -0.25) is 0 Å². The topological polar surface area (TPSA) is 104 Å². The molecule has 3 N–H and O–H groups in total. The van der Waals surface area contributed by atoms with Crippen LogP contribution in [0.5, 0.6) is 0 Å². The lowest BCUT2D eigenvalue weighted by Gasteiger charge is -2.20. The molecule has 3 rings (SSSR count). The fourth-order valence-corrected chi connectivity index (χ4v) is 4.74. The largest absolute Gasteiger partial charge is 0.253 e. The van der Waals surface area contributed by atoms with Gasteiger partial charge in [0.15, 0.2) is 0 Å². The van der Waals surface area contributed by atoms with Gasteiger partial charge in [0.25, 0.3) is 10.0 Å². The Morgan fingerprint density at radius 3 is 1.83 bits per heavy atom. The average Bonchev–Trinajstić information content (AvgIpc) is 2.75. The van der Waals surface area contributed by atoms with Gasteiger partial charge >= 0.3 is 0 Å². The van der Waals surface area contributed by atoms with Gasteiger partial charge in [-0.2, -0.15) is 0 Å². The smallest absolute Gasteiger partial charge is 0.235 e. The molecule has 30 heavy (non-hydrogen) atoms. The van der Waals surface area contributed by atoms with Gasteiger partial charge in [-0.1, -0.05) is 60.1 Å². The van der Waals surface area contributed by atoms with E-state index in [9.17, 15) is 16.8 Å². The first-order chi connectivity index (χ1) is 14.3. The van der Waals surface area contributed by atoms with Crippen LogP contribution in [0.3, 0.4) is 0 Å². The zero-order valence-electron chi connectivity index (χ0n) is 15.7. The average molecular weight is 466 g/mol. The first-order valence-electron chi connectivity index (χ1n) is 8.90. The molecule has 3 aromatic carbocycles. The summed E-state index contributed by atoms with van der Waals surface area (Å²) in [7, 11) is -7.64. The van der Waals surface area contributed by atoms with Crippen LogP contribution in [0.2, 0.25) is 5.02 Å². The van der Waals surface area contributed by atoms with E-state index >= 15 is 0 Å². The van der Waals surface area contributed by atoms with Crippen LogP contribution in [-0.2, 0) is 20.0 Å². The highest BCUT2D eigenvalue weighted by Gasteiger charge is 2.20. The molecule has 0 radical (unpaired) electrons. The van der Waals surface area contributed by atoms with Crippen LogP contribution in [0.25, 0.3) is 0 Å². The highest BCUT2D eigenvalue weighted by molar-refractivity contribution is 7.89. The van der Waals surface area contributed by atoms with Gasteiger partial charge in [0.1, 0.15) is 0 Å². The lowest BCUT2D eigenvalue weighted by molar-refractivity contribution is 0.482. The van der Waals surface area contributed by atoms with E-state index in [4.69, 9.17) is 11.6 Å². The summed E-state index contributed by atoms with van der Waals surface area (Å²) in [6, 6.07) is 21.9. The van der Waals surface area contributed by atoms with E-state index in [2.05, 4.69) is 15.0 Å². The second-order valence-electron chi connectivity index (χ2n) is 6.33. The van der Waals surface area contributed by atoms with Crippen LogP contribution >= 0.6 is 11.6 Å². The molecule has 10 heteroatoms. The summed E-state index contributed by atoms with van der Waals surface area (Å²) in [6.07, 6.45) is 0. The van der Waals surface area contributed by atoms with Crippen molar-refractivity contribution in [1.82, 2.24) is 15.0 Å². The number of hydrazine groups is 1. The molecule has 1 unspecified atom stereocenters. The van der Waals surface area contributed by atoms with Gasteiger partial charge < -0.3 is 0 Å². The van der Waals surface area contributed by atoms with Crippen molar-refractivity contribution < 1.29 is 16.8 Å². The molecule has 0 bridgehead atoms. The number of benzene rings is 3. The molecule has 158 valence electrons. The summed E-state index contributed by atoms with van der Waals surface area (Å²) in [4.78, 5) is 2.48. The Morgan fingerprint density at radius 2 is 1.23 bits per heavy atom. The number of rotatable bonds is 9. The molecule has 0 amide bonds. The number of halogens is 1. The number of hydrogen-bond acceptors (Lipinski definition) is 5. The molecule has 0 aliphatic carbocycles. The van der Waals surface area contributed by atoms with Gasteiger partial charge in [0, 0.05) is 11.6 Å². The molecular formula is C20H20ClN3O4S2. The normalized spacial score (nSPS) is 13.1. The number of hydrogen-bond donors (Lipinski definition) is 3.